The number of carbonyl (C=O) groups excluding carboxylic acids is 1. The van der Waals surface area contributed by atoms with Gasteiger partial charge in [-0.1, -0.05) is 6.07 Å². The summed E-state index contributed by atoms with van der Waals surface area (Å²) in [5.41, 5.74) is 1.70. The third-order valence-corrected chi connectivity index (χ3v) is 3.49. The molecule has 0 saturated heterocycles. The van der Waals surface area contributed by atoms with Gasteiger partial charge in [0, 0.05) is 16.0 Å². The molecule has 0 unspecified atom stereocenters. The molecule has 0 aliphatic rings. The molecule has 0 aliphatic carbocycles. The molecule has 0 radical (unpaired) electrons. The number of hydrogen-bond donors (Lipinski definition) is 1. The molecular formula is C13H14N2OS. The number of rotatable bonds is 2. The van der Waals surface area contributed by atoms with E-state index in [1.807, 2.05) is 39.0 Å². The first-order valence-electron chi connectivity index (χ1n) is 5.38. The van der Waals surface area contributed by atoms with Gasteiger partial charge >= 0.3 is 0 Å². The lowest BCUT2D eigenvalue weighted by Crippen LogP contribution is -2.13. The largest absolute Gasteiger partial charge is 0.306 e. The van der Waals surface area contributed by atoms with E-state index in [-0.39, 0.29) is 5.91 Å². The van der Waals surface area contributed by atoms with Crippen LogP contribution in [-0.2, 0) is 0 Å². The Hall–Kier alpha value is -1.68. The van der Waals surface area contributed by atoms with Gasteiger partial charge in [0.15, 0.2) is 0 Å². The normalized spacial score (nSPS) is 10.3. The molecule has 2 aromatic heterocycles. The maximum Gasteiger partial charge on any atom is 0.257 e. The molecule has 1 N–H and O–H groups in total. The molecular weight excluding hydrogens is 232 g/mol. The van der Waals surface area contributed by atoms with Gasteiger partial charge in [-0.2, -0.15) is 0 Å². The number of thiophene rings is 1. The molecule has 2 aromatic rings. The maximum atomic E-state index is 12.1. The van der Waals surface area contributed by atoms with E-state index in [0.717, 1.165) is 20.9 Å². The number of aromatic nitrogens is 1. The molecule has 2 heterocycles. The smallest absolute Gasteiger partial charge is 0.257 e. The molecule has 0 aliphatic heterocycles. The summed E-state index contributed by atoms with van der Waals surface area (Å²) < 4.78 is 0. The highest BCUT2D eigenvalue weighted by Gasteiger charge is 2.13. The van der Waals surface area contributed by atoms with Crippen molar-refractivity contribution in [3.8, 4) is 0 Å². The lowest BCUT2D eigenvalue weighted by atomic mass is 10.2. The van der Waals surface area contributed by atoms with Crippen LogP contribution in [0.2, 0.25) is 0 Å². The number of carbonyl (C=O) groups is 1. The number of hydrogen-bond acceptors (Lipinski definition) is 3. The number of anilines is 1. The van der Waals surface area contributed by atoms with Crippen molar-refractivity contribution < 1.29 is 4.79 Å². The van der Waals surface area contributed by atoms with E-state index in [2.05, 4.69) is 10.3 Å². The minimum Gasteiger partial charge on any atom is -0.306 e. The zero-order valence-electron chi connectivity index (χ0n) is 10.1. The lowest BCUT2D eigenvalue weighted by Gasteiger charge is -2.06. The van der Waals surface area contributed by atoms with Crippen LogP contribution in [0, 0.1) is 20.8 Å². The third-order valence-electron chi connectivity index (χ3n) is 2.53. The summed E-state index contributed by atoms with van der Waals surface area (Å²) in [7, 11) is 0. The van der Waals surface area contributed by atoms with E-state index in [4.69, 9.17) is 0 Å². The molecule has 0 atom stereocenters. The summed E-state index contributed by atoms with van der Waals surface area (Å²) in [6.45, 7) is 5.88. The second-order valence-electron chi connectivity index (χ2n) is 3.95. The third kappa shape index (κ3) is 2.53. The Morgan fingerprint density at radius 1 is 1.35 bits per heavy atom. The Labute approximate surface area is 105 Å². The van der Waals surface area contributed by atoms with Gasteiger partial charge in [-0.05, 0) is 38.5 Å². The van der Waals surface area contributed by atoms with E-state index >= 15 is 0 Å². The fourth-order valence-corrected chi connectivity index (χ4v) is 2.57. The molecule has 17 heavy (non-hydrogen) atoms. The summed E-state index contributed by atoms with van der Waals surface area (Å²) in [4.78, 5) is 18.4. The van der Waals surface area contributed by atoms with Crippen molar-refractivity contribution in [2.24, 2.45) is 0 Å². The van der Waals surface area contributed by atoms with Crippen LogP contribution in [-0.4, -0.2) is 10.9 Å². The number of nitrogens with zero attached hydrogens (tertiary/aromatic N) is 1. The van der Waals surface area contributed by atoms with Crippen LogP contribution in [0.4, 0.5) is 5.82 Å². The molecule has 0 aromatic carbocycles. The van der Waals surface area contributed by atoms with Gasteiger partial charge < -0.3 is 5.32 Å². The number of nitrogens with one attached hydrogen (secondary N) is 1. The first kappa shape index (κ1) is 11.8. The summed E-state index contributed by atoms with van der Waals surface area (Å²) in [6.07, 6.45) is 1.67. The lowest BCUT2D eigenvalue weighted by molar-refractivity contribution is 0.102. The van der Waals surface area contributed by atoms with Gasteiger partial charge in [0.1, 0.15) is 5.82 Å². The molecule has 3 nitrogen and oxygen atoms in total. The van der Waals surface area contributed by atoms with Crippen molar-refractivity contribution in [3.05, 3.63) is 45.3 Å². The fourth-order valence-electron chi connectivity index (χ4n) is 1.65. The standard InChI is InChI=1S/C13H14N2OS/c1-8-5-4-6-14-12(8)15-13(16)11-7-9(2)17-10(11)3/h4-7H,1-3H3,(H,14,15,16). The van der Waals surface area contributed by atoms with Gasteiger partial charge in [-0.25, -0.2) is 4.98 Å². The number of amides is 1. The van der Waals surface area contributed by atoms with Crippen LogP contribution >= 0.6 is 11.3 Å². The van der Waals surface area contributed by atoms with E-state index < -0.39 is 0 Å². The fraction of sp³-hybridized carbons (Fsp3) is 0.231. The second-order valence-corrected chi connectivity index (χ2v) is 5.41. The van der Waals surface area contributed by atoms with Crippen LogP contribution in [0.25, 0.3) is 0 Å². The monoisotopic (exact) mass is 246 g/mol. The first-order valence-corrected chi connectivity index (χ1v) is 6.19. The van der Waals surface area contributed by atoms with E-state index in [1.54, 1.807) is 17.5 Å². The summed E-state index contributed by atoms with van der Waals surface area (Å²) in [6, 6.07) is 5.69. The van der Waals surface area contributed by atoms with Gasteiger partial charge in [-0.3, -0.25) is 4.79 Å². The van der Waals surface area contributed by atoms with Crippen molar-refractivity contribution in [1.29, 1.82) is 0 Å². The van der Waals surface area contributed by atoms with E-state index in [9.17, 15) is 4.79 Å². The van der Waals surface area contributed by atoms with Crippen molar-refractivity contribution >= 4 is 23.1 Å². The van der Waals surface area contributed by atoms with Crippen molar-refractivity contribution in [2.75, 3.05) is 5.32 Å². The average molecular weight is 246 g/mol. The van der Waals surface area contributed by atoms with Gasteiger partial charge in [-0.15, -0.1) is 11.3 Å². The van der Waals surface area contributed by atoms with Crippen molar-refractivity contribution in [3.63, 3.8) is 0 Å². The molecule has 4 heteroatoms. The maximum absolute atomic E-state index is 12.1. The quantitative estimate of drug-likeness (QED) is 0.883. The van der Waals surface area contributed by atoms with E-state index in [1.165, 1.54) is 0 Å². The summed E-state index contributed by atoms with van der Waals surface area (Å²) in [5.74, 6) is 0.536. The predicted octanol–water partition coefficient (Wildman–Crippen LogP) is 3.32. The molecule has 2 rings (SSSR count). The number of pyridine rings is 1. The Balaban J connectivity index is 2.23. The van der Waals surface area contributed by atoms with Crippen LogP contribution in [0.1, 0.15) is 25.7 Å². The zero-order chi connectivity index (χ0) is 12.4. The Morgan fingerprint density at radius 2 is 2.12 bits per heavy atom. The Morgan fingerprint density at radius 3 is 2.71 bits per heavy atom. The molecule has 0 bridgehead atoms. The van der Waals surface area contributed by atoms with Crippen LogP contribution in [0.5, 0.6) is 0 Å². The van der Waals surface area contributed by atoms with Crippen LogP contribution in [0.15, 0.2) is 24.4 Å². The van der Waals surface area contributed by atoms with Crippen LogP contribution < -0.4 is 5.32 Å². The molecule has 0 saturated carbocycles. The topological polar surface area (TPSA) is 42.0 Å². The highest BCUT2D eigenvalue weighted by atomic mass is 32.1. The Bertz CT molecular complexity index is 560. The minimum absolute atomic E-state index is 0.0892. The highest BCUT2D eigenvalue weighted by Crippen LogP contribution is 2.21. The average Bonchev–Trinajstić information content (AvgIpc) is 2.61. The zero-order valence-corrected chi connectivity index (χ0v) is 10.9. The molecule has 88 valence electrons. The molecule has 1 amide bonds. The van der Waals surface area contributed by atoms with Gasteiger partial charge in [0.25, 0.3) is 5.91 Å². The van der Waals surface area contributed by atoms with Gasteiger partial charge in [0.05, 0.1) is 5.56 Å². The number of aryl methyl sites for hydroxylation is 3. The predicted molar refractivity (Wildman–Crippen MR) is 70.7 cm³/mol. The van der Waals surface area contributed by atoms with E-state index in [0.29, 0.717) is 5.82 Å². The summed E-state index contributed by atoms with van der Waals surface area (Å²) >= 11 is 1.63. The molecule has 0 spiro atoms. The van der Waals surface area contributed by atoms with Crippen LogP contribution in [0.3, 0.4) is 0 Å². The molecule has 0 fully saturated rings. The van der Waals surface area contributed by atoms with Crippen molar-refractivity contribution in [1.82, 2.24) is 4.98 Å². The first-order chi connectivity index (χ1) is 8.08. The minimum atomic E-state index is -0.0892. The van der Waals surface area contributed by atoms with Gasteiger partial charge in [0.2, 0.25) is 0 Å². The Kier molecular flexibility index (Phi) is 3.24. The van der Waals surface area contributed by atoms with Crippen molar-refractivity contribution in [2.45, 2.75) is 20.8 Å². The second kappa shape index (κ2) is 4.67. The summed E-state index contributed by atoms with van der Waals surface area (Å²) in [5, 5.41) is 2.84. The highest BCUT2D eigenvalue weighted by molar-refractivity contribution is 7.12. The SMILES string of the molecule is Cc1cc(C(=O)Nc2ncccc2C)c(C)s1.